The number of nitrogens with one attached hydrogen (secondary N) is 1. The Bertz CT molecular complexity index is 358. The Morgan fingerprint density at radius 3 is 2.67 bits per heavy atom. The number of aromatic nitrogens is 1. The average Bonchev–Trinajstić information content (AvgIpc) is 2.16. The van der Waals surface area contributed by atoms with E-state index in [9.17, 15) is 4.79 Å². The largest absolute Gasteiger partial charge is 0.305 e. The zero-order chi connectivity index (χ0) is 11.5. The molecule has 1 N–H and O–H groups in total. The molecule has 0 saturated heterocycles. The Hall–Kier alpha value is -1.22. The van der Waals surface area contributed by atoms with Gasteiger partial charge in [0, 0.05) is 18.0 Å². The second-order valence-electron chi connectivity index (χ2n) is 4.24. The van der Waals surface area contributed by atoms with Gasteiger partial charge in [-0.1, -0.05) is 6.92 Å². The molecule has 0 saturated carbocycles. The first kappa shape index (κ1) is 11.9. The van der Waals surface area contributed by atoms with E-state index in [-0.39, 0.29) is 5.78 Å². The van der Waals surface area contributed by atoms with Gasteiger partial charge in [0.1, 0.15) is 0 Å². The molecule has 3 heteroatoms. The Balaban J connectivity index is 2.94. The predicted molar refractivity (Wildman–Crippen MR) is 61.1 cm³/mol. The van der Waals surface area contributed by atoms with Gasteiger partial charge in [-0.25, -0.2) is 0 Å². The molecule has 1 rings (SSSR count). The minimum Gasteiger partial charge on any atom is -0.305 e. The molecule has 15 heavy (non-hydrogen) atoms. The van der Waals surface area contributed by atoms with E-state index in [0.29, 0.717) is 5.56 Å². The number of likely N-dealkylation sites (N-methyl/N-ethyl adjacent to an activating group) is 1. The van der Waals surface area contributed by atoms with Crippen molar-refractivity contribution < 1.29 is 4.79 Å². The summed E-state index contributed by atoms with van der Waals surface area (Å²) in [7, 11) is 0. The second kappa shape index (κ2) is 4.53. The van der Waals surface area contributed by atoms with E-state index < -0.39 is 5.54 Å². The highest BCUT2D eigenvalue weighted by Crippen LogP contribution is 2.12. The van der Waals surface area contributed by atoms with E-state index in [1.54, 1.807) is 12.4 Å². The highest BCUT2D eigenvalue weighted by Gasteiger charge is 2.27. The molecule has 1 heterocycles. The Morgan fingerprint density at radius 1 is 1.47 bits per heavy atom. The number of hydrogen-bond donors (Lipinski definition) is 1. The van der Waals surface area contributed by atoms with Gasteiger partial charge >= 0.3 is 0 Å². The van der Waals surface area contributed by atoms with E-state index in [1.165, 1.54) is 0 Å². The highest BCUT2D eigenvalue weighted by atomic mass is 16.1. The molecule has 0 bridgehead atoms. The molecule has 1 aromatic rings. The van der Waals surface area contributed by atoms with Gasteiger partial charge in [0.05, 0.1) is 5.54 Å². The Kier molecular flexibility index (Phi) is 3.58. The van der Waals surface area contributed by atoms with Crippen molar-refractivity contribution in [2.45, 2.75) is 33.2 Å². The molecule has 0 aliphatic rings. The van der Waals surface area contributed by atoms with Crippen LogP contribution in [-0.2, 0) is 0 Å². The fourth-order valence-corrected chi connectivity index (χ4v) is 1.56. The van der Waals surface area contributed by atoms with Crippen LogP contribution in [0, 0.1) is 6.92 Å². The first-order chi connectivity index (χ1) is 6.97. The van der Waals surface area contributed by atoms with Crippen molar-refractivity contribution in [1.82, 2.24) is 10.3 Å². The van der Waals surface area contributed by atoms with Crippen molar-refractivity contribution in [3.05, 3.63) is 29.6 Å². The highest BCUT2D eigenvalue weighted by molar-refractivity contribution is 6.02. The lowest BCUT2D eigenvalue weighted by atomic mass is 9.93. The third-order valence-electron chi connectivity index (χ3n) is 2.32. The summed E-state index contributed by atoms with van der Waals surface area (Å²) in [6, 6.07) is 1.87. The monoisotopic (exact) mass is 206 g/mol. The van der Waals surface area contributed by atoms with Crippen LogP contribution in [0.25, 0.3) is 0 Å². The van der Waals surface area contributed by atoms with Gasteiger partial charge in [-0.2, -0.15) is 0 Å². The summed E-state index contributed by atoms with van der Waals surface area (Å²) >= 11 is 0. The van der Waals surface area contributed by atoms with Gasteiger partial charge in [-0.3, -0.25) is 9.78 Å². The van der Waals surface area contributed by atoms with E-state index >= 15 is 0 Å². The van der Waals surface area contributed by atoms with Crippen LogP contribution in [0.2, 0.25) is 0 Å². The minimum atomic E-state index is -0.524. The molecule has 0 aliphatic heterocycles. The summed E-state index contributed by atoms with van der Waals surface area (Å²) in [5, 5.41) is 3.16. The maximum Gasteiger partial charge on any atom is 0.183 e. The number of nitrogens with zero attached hydrogens (tertiary/aromatic N) is 1. The molecular formula is C12H18N2O. The summed E-state index contributed by atoms with van der Waals surface area (Å²) in [6.45, 7) is 8.48. The number of Topliss-reactive ketones (excluding diaryl/α,β-unsaturated/α-hetero) is 1. The van der Waals surface area contributed by atoms with Crippen LogP contribution in [0.15, 0.2) is 18.5 Å². The summed E-state index contributed by atoms with van der Waals surface area (Å²) in [4.78, 5) is 16.1. The minimum absolute atomic E-state index is 0.0838. The fraction of sp³-hybridized carbons (Fsp3) is 0.500. The van der Waals surface area contributed by atoms with Crippen LogP contribution in [0.3, 0.4) is 0 Å². The van der Waals surface area contributed by atoms with Crippen LogP contribution < -0.4 is 5.32 Å². The third kappa shape index (κ3) is 2.86. The molecule has 0 atom stereocenters. The molecule has 0 fully saturated rings. The van der Waals surface area contributed by atoms with Gasteiger partial charge in [-0.15, -0.1) is 0 Å². The average molecular weight is 206 g/mol. The number of carbonyl (C=O) groups is 1. The van der Waals surface area contributed by atoms with Crippen LogP contribution in [0.1, 0.15) is 36.7 Å². The SMILES string of the molecule is CCNC(C)(C)C(=O)c1cncc(C)c1. The lowest BCUT2D eigenvalue weighted by Gasteiger charge is -2.23. The Labute approximate surface area is 90.9 Å². The molecule has 1 aromatic heterocycles. The van der Waals surface area contributed by atoms with Gasteiger partial charge in [0.2, 0.25) is 0 Å². The second-order valence-corrected chi connectivity index (χ2v) is 4.24. The topological polar surface area (TPSA) is 42.0 Å². The van der Waals surface area contributed by atoms with Gasteiger partial charge in [0.15, 0.2) is 5.78 Å². The molecule has 0 radical (unpaired) electrons. The van der Waals surface area contributed by atoms with Crippen molar-refractivity contribution in [2.75, 3.05) is 6.54 Å². The maximum absolute atomic E-state index is 12.1. The lowest BCUT2D eigenvalue weighted by Crippen LogP contribution is -2.46. The van der Waals surface area contributed by atoms with Gasteiger partial charge in [-0.05, 0) is 38.9 Å². The molecular weight excluding hydrogens is 188 g/mol. The van der Waals surface area contributed by atoms with Gasteiger partial charge in [0.25, 0.3) is 0 Å². The number of rotatable bonds is 4. The number of ketones is 1. The van der Waals surface area contributed by atoms with Crippen molar-refractivity contribution in [2.24, 2.45) is 0 Å². The van der Waals surface area contributed by atoms with Crippen LogP contribution in [0.4, 0.5) is 0 Å². The number of pyridine rings is 1. The van der Waals surface area contributed by atoms with Crippen LogP contribution in [-0.4, -0.2) is 22.9 Å². The zero-order valence-electron chi connectivity index (χ0n) is 9.79. The quantitative estimate of drug-likeness (QED) is 0.766. The fourth-order valence-electron chi connectivity index (χ4n) is 1.56. The van der Waals surface area contributed by atoms with E-state index in [4.69, 9.17) is 0 Å². The summed E-state index contributed by atoms with van der Waals surface area (Å²) in [6.07, 6.45) is 3.37. The normalized spacial score (nSPS) is 11.5. The summed E-state index contributed by atoms with van der Waals surface area (Å²) < 4.78 is 0. The van der Waals surface area contributed by atoms with Crippen molar-refractivity contribution in [3.8, 4) is 0 Å². The molecule has 0 aromatic carbocycles. The van der Waals surface area contributed by atoms with Crippen molar-refractivity contribution >= 4 is 5.78 Å². The first-order valence-electron chi connectivity index (χ1n) is 5.19. The zero-order valence-corrected chi connectivity index (χ0v) is 9.79. The molecule has 0 amide bonds. The van der Waals surface area contributed by atoms with E-state index in [1.807, 2.05) is 33.8 Å². The van der Waals surface area contributed by atoms with Crippen molar-refractivity contribution in [3.63, 3.8) is 0 Å². The third-order valence-corrected chi connectivity index (χ3v) is 2.32. The maximum atomic E-state index is 12.1. The molecule has 0 unspecified atom stereocenters. The molecule has 82 valence electrons. The Morgan fingerprint density at radius 2 is 2.13 bits per heavy atom. The number of carbonyl (C=O) groups excluding carboxylic acids is 1. The van der Waals surface area contributed by atoms with Crippen molar-refractivity contribution in [1.29, 1.82) is 0 Å². The molecule has 0 spiro atoms. The smallest absolute Gasteiger partial charge is 0.183 e. The molecule has 0 aliphatic carbocycles. The van der Waals surface area contributed by atoms with E-state index in [2.05, 4.69) is 10.3 Å². The predicted octanol–water partition coefficient (Wildman–Crippen LogP) is 1.96. The summed E-state index contributed by atoms with van der Waals surface area (Å²) in [5.74, 6) is 0.0838. The van der Waals surface area contributed by atoms with E-state index in [0.717, 1.165) is 12.1 Å². The number of hydrogen-bond acceptors (Lipinski definition) is 3. The van der Waals surface area contributed by atoms with Crippen LogP contribution >= 0.6 is 0 Å². The van der Waals surface area contributed by atoms with Crippen LogP contribution in [0.5, 0.6) is 0 Å². The number of aryl methyl sites for hydroxylation is 1. The first-order valence-corrected chi connectivity index (χ1v) is 5.19. The van der Waals surface area contributed by atoms with Gasteiger partial charge < -0.3 is 5.32 Å². The molecule has 3 nitrogen and oxygen atoms in total. The lowest BCUT2D eigenvalue weighted by molar-refractivity contribution is 0.0883. The standard InChI is InChI=1S/C12H18N2O/c1-5-14-12(3,4)11(15)10-6-9(2)7-13-8-10/h6-8,14H,5H2,1-4H3. The summed E-state index contributed by atoms with van der Waals surface area (Å²) in [5.41, 5.74) is 1.15.